The maximum atomic E-state index is 12.1. The number of hydrogen-bond donors (Lipinski definition) is 2. The summed E-state index contributed by atoms with van der Waals surface area (Å²) in [5.41, 5.74) is 6.90. The first-order chi connectivity index (χ1) is 9.47. The number of anilines is 1. The summed E-state index contributed by atoms with van der Waals surface area (Å²) in [5.74, 6) is 0. The fourth-order valence-corrected chi connectivity index (χ4v) is 3.46. The van der Waals surface area contributed by atoms with Crippen molar-refractivity contribution < 1.29 is 8.42 Å². The van der Waals surface area contributed by atoms with E-state index in [9.17, 15) is 8.42 Å². The van der Waals surface area contributed by atoms with Crippen LogP contribution in [-0.2, 0) is 10.0 Å². The number of nitrogens with one attached hydrogen (secondary N) is 1. The summed E-state index contributed by atoms with van der Waals surface area (Å²) < 4.78 is 27.0. The number of unbranched alkanes of at least 4 members (excludes halogenated alkanes) is 5. The standard InChI is InChI=1S/C15H26N2O2S/c1-3-4-5-6-7-8-11-17-20(18,19)15-10-9-14(16)12-13(15)2/h9-10,12,17H,3-8,11,16H2,1-2H3. The average Bonchev–Trinajstić information content (AvgIpc) is 2.37. The molecule has 4 nitrogen and oxygen atoms in total. The first-order valence-corrected chi connectivity index (χ1v) is 8.81. The Balaban J connectivity index is 2.42. The topological polar surface area (TPSA) is 72.2 Å². The van der Waals surface area contributed by atoms with E-state index in [1.165, 1.54) is 25.7 Å². The third-order valence-corrected chi connectivity index (χ3v) is 4.93. The molecule has 0 saturated heterocycles. The van der Waals surface area contributed by atoms with Gasteiger partial charge in [0.1, 0.15) is 0 Å². The molecule has 0 aliphatic carbocycles. The molecule has 3 N–H and O–H groups in total. The summed E-state index contributed by atoms with van der Waals surface area (Å²) in [7, 11) is -3.41. The first kappa shape index (κ1) is 17.0. The van der Waals surface area contributed by atoms with Gasteiger partial charge in [-0.15, -0.1) is 0 Å². The van der Waals surface area contributed by atoms with Crippen LogP contribution in [0.15, 0.2) is 23.1 Å². The number of aryl methyl sites for hydroxylation is 1. The molecule has 0 aliphatic rings. The fourth-order valence-electron chi connectivity index (χ4n) is 2.16. The normalized spacial score (nSPS) is 11.7. The maximum absolute atomic E-state index is 12.1. The Morgan fingerprint density at radius 2 is 1.75 bits per heavy atom. The number of rotatable bonds is 9. The molecule has 0 fully saturated rings. The van der Waals surface area contributed by atoms with Gasteiger partial charge in [-0.2, -0.15) is 0 Å². The molecule has 114 valence electrons. The van der Waals surface area contributed by atoms with Crippen molar-refractivity contribution in [3.63, 3.8) is 0 Å². The zero-order chi connectivity index (χ0) is 15.0. The van der Waals surface area contributed by atoms with Crippen LogP contribution in [0.4, 0.5) is 5.69 Å². The van der Waals surface area contributed by atoms with E-state index in [1.807, 2.05) is 0 Å². The molecule has 0 saturated carbocycles. The van der Waals surface area contributed by atoms with Gasteiger partial charge in [-0.05, 0) is 37.1 Å². The molecule has 0 spiro atoms. The minimum atomic E-state index is -3.41. The van der Waals surface area contributed by atoms with Crippen molar-refractivity contribution in [2.24, 2.45) is 0 Å². The number of hydrogen-bond acceptors (Lipinski definition) is 3. The number of sulfonamides is 1. The highest BCUT2D eigenvalue weighted by Gasteiger charge is 2.15. The lowest BCUT2D eigenvalue weighted by Gasteiger charge is -2.09. The molecular formula is C15H26N2O2S. The Labute approximate surface area is 122 Å². The molecule has 0 bridgehead atoms. The Hall–Kier alpha value is -1.07. The number of nitrogen functional groups attached to an aromatic ring is 1. The average molecular weight is 298 g/mol. The maximum Gasteiger partial charge on any atom is 0.240 e. The molecule has 0 aliphatic heterocycles. The SMILES string of the molecule is CCCCCCCCNS(=O)(=O)c1ccc(N)cc1C. The van der Waals surface area contributed by atoms with Gasteiger partial charge >= 0.3 is 0 Å². The van der Waals surface area contributed by atoms with E-state index in [1.54, 1.807) is 25.1 Å². The third kappa shape index (κ3) is 5.51. The monoisotopic (exact) mass is 298 g/mol. The Bertz CT molecular complexity index is 513. The summed E-state index contributed by atoms with van der Waals surface area (Å²) in [4.78, 5) is 0.317. The molecule has 1 aromatic rings. The van der Waals surface area contributed by atoms with E-state index in [0.717, 1.165) is 12.8 Å². The van der Waals surface area contributed by atoms with Crippen LogP contribution in [-0.4, -0.2) is 15.0 Å². The predicted octanol–water partition coefficient (Wildman–Crippen LogP) is 3.22. The second kappa shape index (κ2) is 8.27. The van der Waals surface area contributed by atoms with Gasteiger partial charge in [-0.1, -0.05) is 39.0 Å². The van der Waals surface area contributed by atoms with Gasteiger partial charge in [-0.25, -0.2) is 13.1 Å². The summed E-state index contributed by atoms with van der Waals surface area (Å²) >= 11 is 0. The van der Waals surface area contributed by atoms with E-state index < -0.39 is 10.0 Å². The van der Waals surface area contributed by atoms with Gasteiger partial charge in [-0.3, -0.25) is 0 Å². The van der Waals surface area contributed by atoms with Crippen LogP contribution in [0.2, 0.25) is 0 Å². The van der Waals surface area contributed by atoms with Crippen LogP contribution >= 0.6 is 0 Å². The molecule has 0 aromatic heterocycles. The minimum Gasteiger partial charge on any atom is -0.399 e. The molecule has 20 heavy (non-hydrogen) atoms. The molecule has 0 unspecified atom stereocenters. The number of nitrogens with two attached hydrogens (primary N) is 1. The smallest absolute Gasteiger partial charge is 0.240 e. The second-order valence-electron chi connectivity index (χ2n) is 5.19. The van der Waals surface area contributed by atoms with Crippen molar-refractivity contribution in [2.75, 3.05) is 12.3 Å². The second-order valence-corrected chi connectivity index (χ2v) is 6.93. The molecule has 0 amide bonds. The van der Waals surface area contributed by atoms with Crippen molar-refractivity contribution in [1.29, 1.82) is 0 Å². The highest BCUT2D eigenvalue weighted by Crippen LogP contribution is 2.17. The van der Waals surface area contributed by atoms with E-state index in [0.29, 0.717) is 22.7 Å². The van der Waals surface area contributed by atoms with Crippen LogP contribution in [0.5, 0.6) is 0 Å². The van der Waals surface area contributed by atoms with Crippen LogP contribution < -0.4 is 10.5 Å². The summed E-state index contributed by atoms with van der Waals surface area (Å²) in [6.45, 7) is 4.44. The van der Waals surface area contributed by atoms with E-state index in [2.05, 4.69) is 11.6 Å². The molecule has 5 heteroatoms. The molecule has 0 atom stereocenters. The summed E-state index contributed by atoms with van der Waals surface area (Å²) in [6, 6.07) is 4.86. The lowest BCUT2D eigenvalue weighted by Crippen LogP contribution is -2.25. The fraction of sp³-hybridized carbons (Fsp3) is 0.600. The van der Waals surface area contributed by atoms with Gasteiger partial charge in [0.15, 0.2) is 0 Å². The van der Waals surface area contributed by atoms with Crippen LogP contribution in [0.3, 0.4) is 0 Å². The number of benzene rings is 1. The van der Waals surface area contributed by atoms with Gasteiger partial charge in [0.2, 0.25) is 10.0 Å². The largest absolute Gasteiger partial charge is 0.399 e. The Morgan fingerprint density at radius 3 is 2.40 bits per heavy atom. The quantitative estimate of drug-likeness (QED) is 0.543. The molecule has 1 aromatic carbocycles. The van der Waals surface area contributed by atoms with Gasteiger partial charge in [0.25, 0.3) is 0 Å². The summed E-state index contributed by atoms with van der Waals surface area (Å²) in [5, 5.41) is 0. The third-order valence-electron chi connectivity index (χ3n) is 3.31. The van der Waals surface area contributed by atoms with Crippen molar-refractivity contribution in [3.05, 3.63) is 23.8 Å². The zero-order valence-corrected chi connectivity index (χ0v) is 13.3. The van der Waals surface area contributed by atoms with Crippen molar-refractivity contribution in [2.45, 2.75) is 57.3 Å². The van der Waals surface area contributed by atoms with Crippen molar-refractivity contribution >= 4 is 15.7 Å². The van der Waals surface area contributed by atoms with Crippen LogP contribution in [0.1, 0.15) is 51.0 Å². The molecular weight excluding hydrogens is 272 g/mol. The van der Waals surface area contributed by atoms with E-state index >= 15 is 0 Å². The van der Waals surface area contributed by atoms with E-state index in [4.69, 9.17) is 5.73 Å². The molecule has 1 rings (SSSR count). The van der Waals surface area contributed by atoms with Gasteiger partial charge in [0.05, 0.1) is 4.90 Å². The zero-order valence-electron chi connectivity index (χ0n) is 12.5. The highest BCUT2D eigenvalue weighted by molar-refractivity contribution is 7.89. The van der Waals surface area contributed by atoms with Crippen molar-refractivity contribution in [1.82, 2.24) is 4.72 Å². The molecule has 0 heterocycles. The highest BCUT2D eigenvalue weighted by atomic mass is 32.2. The van der Waals surface area contributed by atoms with Crippen LogP contribution in [0, 0.1) is 6.92 Å². The predicted molar refractivity (Wildman–Crippen MR) is 84.2 cm³/mol. The lowest BCUT2D eigenvalue weighted by atomic mass is 10.1. The minimum absolute atomic E-state index is 0.317. The van der Waals surface area contributed by atoms with Crippen LogP contribution in [0.25, 0.3) is 0 Å². The van der Waals surface area contributed by atoms with Crippen molar-refractivity contribution in [3.8, 4) is 0 Å². The summed E-state index contributed by atoms with van der Waals surface area (Å²) in [6.07, 6.45) is 6.86. The van der Waals surface area contributed by atoms with Gasteiger partial charge in [0, 0.05) is 12.2 Å². The van der Waals surface area contributed by atoms with E-state index in [-0.39, 0.29) is 0 Å². The Kier molecular flexibility index (Phi) is 7.02. The Morgan fingerprint density at radius 1 is 1.10 bits per heavy atom. The first-order valence-electron chi connectivity index (χ1n) is 7.33. The molecule has 0 radical (unpaired) electrons. The van der Waals surface area contributed by atoms with Gasteiger partial charge < -0.3 is 5.73 Å². The lowest BCUT2D eigenvalue weighted by molar-refractivity contribution is 0.567.